The zero-order valence-electron chi connectivity index (χ0n) is 18.7. The SMILES string of the molecule is CCCCN1C(=O)CC[C@@H](C(=O)OCc2cc(=O)n3ccsc3n2)[C@H]1c1ccc(OC)cc1. The molecule has 2 aromatic heterocycles. The maximum atomic E-state index is 13.2. The van der Waals surface area contributed by atoms with Gasteiger partial charge in [0.1, 0.15) is 12.4 Å². The number of fused-ring (bicyclic) bond motifs is 1. The lowest BCUT2D eigenvalue weighted by Crippen LogP contribution is -2.46. The molecule has 3 aromatic rings. The quantitative estimate of drug-likeness (QED) is 0.469. The Morgan fingerprint density at radius 2 is 2.03 bits per heavy atom. The maximum Gasteiger partial charge on any atom is 0.311 e. The Labute approximate surface area is 195 Å². The summed E-state index contributed by atoms with van der Waals surface area (Å²) < 4.78 is 12.3. The average Bonchev–Trinajstić information content (AvgIpc) is 3.31. The van der Waals surface area contributed by atoms with E-state index in [-0.39, 0.29) is 18.1 Å². The van der Waals surface area contributed by atoms with Gasteiger partial charge in [-0.15, -0.1) is 11.3 Å². The number of hydrogen-bond acceptors (Lipinski definition) is 7. The third-order valence-electron chi connectivity index (χ3n) is 5.94. The first-order valence-electron chi connectivity index (χ1n) is 11.1. The maximum absolute atomic E-state index is 13.2. The Hall–Kier alpha value is -3.20. The first-order chi connectivity index (χ1) is 16.0. The third kappa shape index (κ3) is 4.93. The standard InChI is InChI=1S/C24H27N3O5S/c1-3-4-11-26-20(28)10-9-19(22(26)16-5-7-18(31-2)8-6-16)23(30)32-15-17-14-21(29)27-12-13-33-24(27)25-17/h5-8,12-14,19,22H,3-4,9-11,15H2,1-2H3/t19-,22-/m1/s1. The second-order valence-corrected chi connectivity index (χ2v) is 8.93. The van der Waals surface area contributed by atoms with Crippen molar-refractivity contribution in [1.29, 1.82) is 0 Å². The van der Waals surface area contributed by atoms with E-state index in [0.29, 0.717) is 35.8 Å². The number of amides is 1. The fourth-order valence-corrected chi connectivity index (χ4v) is 4.96. The van der Waals surface area contributed by atoms with E-state index >= 15 is 0 Å². The summed E-state index contributed by atoms with van der Waals surface area (Å²) >= 11 is 1.34. The van der Waals surface area contributed by atoms with E-state index < -0.39 is 17.9 Å². The van der Waals surface area contributed by atoms with Crippen LogP contribution in [-0.4, -0.2) is 39.8 Å². The number of thiazole rings is 1. The lowest BCUT2D eigenvalue weighted by molar-refractivity contribution is -0.158. The largest absolute Gasteiger partial charge is 0.497 e. The van der Waals surface area contributed by atoms with Crippen molar-refractivity contribution in [3.05, 3.63) is 63.5 Å². The van der Waals surface area contributed by atoms with Crippen LogP contribution < -0.4 is 10.3 Å². The number of hydrogen-bond donors (Lipinski definition) is 0. The highest BCUT2D eigenvalue weighted by Crippen LogP contribution is 2.38. The summed E-state index contributed by atoms with van der Waals surface area (Å²) in [6.45, 7) is 2.57. The number of carbonyl (C=O) groups excluding carboxylic acids is 2. The molecule has 33 heavy (non-hydrogen) atoms. The molecule has 3 heterocycles. The van der Waals surface area contributed by atoms with E-state index in [1.807, 2.05) is 29.2 Å². The molecule has 0 N–H and O–H groups in total. The summed E-state index contributed by atoms with van der Waals surface area (Å²) in [5, 5.41) is 1.78. The van der Waals surface area contributed by atoms with E-state index in [2.05, 4.69) is 11.9 Å². The Morgan fingerprint density at radius 1 is 1.24 bits per heavy atom. The van der Waals surface area contributed by atoms with Crippen molar-refractivity contribution >= 4 is 28.2 Å². The van der Waals surface area contributed by atoms with Crippen LogP contribution in [0, 0.1) is 5.92 Å². The van der Waals surface area contributed by atoms with E-state index in [1.165, 1.54) is 21.8 Å². The molecule has 0 saturated carbocycles. The minimum absolute atomic E-state index is 0.0474. The molecule has 1 aliphatic heterocycles. The van der Waals surface area contributed by atoms with Crippen LogP contribution in [0.15, 0.2) is 46.7 Å². The van der Waals surface area contributed by atoms with Gasteiger partial charge in [0, 0.05) is 30.6 Å². The summed E-state index contributed by atoms with van der Waals surface area (Å²) in [6, 6.07) is 8.44. The fourth-order valence-electron chi connectivity index (χ4n) is 4.22. The van der Waals surface area contributed by atoms with Crippen molar-refractivity contribution in [3.63, 3.8) is 0 Å². The zero-order chi connectivity index (χ0) is 23.4. The number of aromatic nitrogens is 2. The molecule has 0 radical (unpaired) electrons. The second-order valence-electron chi connectivity index (χ2n) is 8.05. The number of carbonyl (C=O) groups is 2. The van der Waals surface area contributed by atoms with Crippen LogP contribution in [-0.2, 0) is 20.9 Å². The number of benzene rings is 1. The number of unbranched alkanes of at least 4 members (excludes halogenated alkanes) is 1. The topological polar surface area (TPSA) is 90.2 Å². The molecule has 174 valence electrons. The number of likely N-dealkylation sites (tertiary alicyclic amines) is 1. The van der Waals surface area contributed by atoms with Crippen LogP contribution in [0.3, 0.4) is 0 Å². The highest BCUT2D eigenvalue weighted by atomic mass is 32.1. The van der Waals surface area contributed by atoms with Gasteiger partial charge in [-0.05, 0) is 30.5 Å². The summed E-state index contributed by atoms with van der Waals surface area (Å²) in [5.41, 5.74) is 1.07. The smallest absolute Gasteiger partial charge is 0.311 e. The van der Waals surface area contributed by atoms with Gasteiger partial charge in [0.25, 0.3) is 5.56 Å². The molecule has 1 aromatic carbocycles. The summed E-state index contributed by atoms with van der Waals surface area (Å²) in [4.78, 5) is 45.0. The number of rotatable bonds is 8. The van der Waals surface area contributed by atoms with E-state index in [9.17, 15) is 14.4 Å². The first kappa shape index (κ1) is 23.0. The van der Waals surface area contributed by atoms with Crippen molar-refractivity contribution in [2.24, 2.45) is 5.92 Å². The molecular weight excluding hydrogens is 442 g/mol. The summed E-state index contributed by atoms with van der Waals surface area (Å²) in [5.74, 6) is -0.134. The van der Waals surface area contributed by atoms with Gasteiger partial charge in [-0.1, -0.05) is 25.5 Å². The van der Waals surface area contributed by atoms with Gasteiger partial charge in [-0.25, -0.2) is 4.98 Å². The molecule has 0 aliphatic carbocycles. The van der Waals surface area contributed by atoms with Crippen molar-refractivity contribution < 1.29 is 19.1 Å². The Kier molecular flexibility index (Phi) is 7.08. The first-order valence-corrected chi connectivity index (χ1v) is 12.0. The number of methoxy groups -OCH3 is 1. The van der Waals surface area contributed by atoms with Crippen LogP contribution in [0.4, 0.5) is 0 Å². The highest BCUT2D eigenvalue weighted by molar-refractivity contribution is 7.15. The van der Waals surface area contributed by atoms with Crippen LogP contribution >= 0.6 is 11.3 Å². The van der Waals surface area contributed by atoms with Gasteiger partial charge in [-0.3, -0.25) is 18.8 Å². The highest BCUT2D eigenvalue weighted by Gasteiger charge is 2.41. The normalized spacial score (nSPS) is 18.5. The van der Waals surface area contributed by atoms with Crippen molar-refractivity contribution in [2.45, 2.75) is 45.3 Å². The van der Waals surface area contributed by atoms with Crippen molar-refractivity contribution in [1.82, 2.24) is 14.3 Å². The molecule has 0 bridgehead atoms. The van der Waals surface area contributed by atoms with Crippen LogP contribution in [0.25, 0.3) is 4.96 Å². The Morgan fingerprint density at radius 3 is 2.76 bits per heavy atom. The number of piperidine rings is 1. The zero-order valence-corrected chi connectivity index (χ0v) is 19.5. The molecule has 8 nitrogen and oxygen atoms in total. The van der Waals surface area contributed by atoms with E-state index in [4.69, 9.17) is 9.47 Å². The molecule has 1 amide bonds. The second kappa shape index (κ2) is 10.2. The molecule has 9 heteroatoms. The van der Waals surface area contributed by atoms with Crippen LogP contribution in [0.1, 0.15) is 49.9 Å². The van der Waals surface area contributed by atoms with E-state index in [0.717, 1.165) is 18.4 Å². The minimum Gasteiger partial charge on any atom is -0.497 e. The van der Waals surface area contributed by atoms with Crippen LogP contribution in [0.2, 0.25) is 0 Å². The predicted octanol–water partition coefficient (Wildman–Crippen LogP) is 3.59. The molecular formula is C24H27N3O5S. The lowest BCUT2D eigenvalue weighted by atomic mass is 9.84. The number of ether oxygens (including phenoxy) is 2. The van der Waals surface area contributed by atoms with E-state index in [1.54, 1.807) is 18.7 Å². The molecule has 1 aliphatic rings. The van der Waals surface area contributed by atoms with Crippen molar-refractivity contribution in [2.75, 3.05) is 13.7 Å². The molecule has 2 atom stereocenters. The fraction of sp³-hybridized carbons (Fsp3) is 0.417. The molecule has 0 unspecified atom stereocenters. The monoisotopic (exact) mass is 469 g/mol. The van der Waals surface area contributed by atoms with Gasteiger partial charge in [0.15, 0.2) is 4.96 Å². The van der Waals surface area contributed by atoms with Gasteiger partial charge in [0.05, 0.1) is 24.8 Å². The van der Waals surface area contributed by atoms with Gasteiger partial charge < -0.3 is 14.4 Å². The number of nitrogens with zero attached hydrogens (tertiary/aromatic N) is 3. The van der Waals surface area contributed by atoms with Crippen LogP contribution in [0.5, 0.6) is 5.75 Å². The predicted molar refractivity (Wildman–Crippen MR) is 124 cm³/mol. The summed E-state index contributed by atoms with van der Waals surface area (Å²) in [6.07, 6.45) is 4.18. The average molecular weight is 470 g/mol. The molecule has 0 spiro atoms. The molecule has 4 rings (SSSR count). The van der Waals surface area contributed by atoms with Gasteiger partial charge >= 0.3 is 5.97 Å². The van der Waals surface area contributed by atoms with Crippen molar-refractivity contribution in [3.8, 4) is 5.75 Å². The summed E-state index contributed by atoms with van der Waals surface area (Å²) in [7, 11) is 1.60. The van der Waals surface area contributed by atoms with Gasteiger partial charge in [-0.2, -0.15) is 0 Å². The minimum atomic E-state index is -0.500. The number of esters is 1. The van der Waals surface area contributed by atoms with Gasteiger partial charge in [0.2, 0.25) is 5.91 Å². The Balaban J connectivity index is 1.57. The third-order valence-corrected chi connectivity index (χ3v) is 6.69. The lowest BCUT2D eigenvalue weighted by Gasteiger charge is -2.40. The molecule has 1 saturated heterocycles. The Bertz CT molecular complexity index is 1190. The molecule has 1 fully saturated rings.